The molecular formula is C26H23ClN4O3. The smallest absolute Gasteiger partial charge is 0.263 e. The van der Waals surface area contributed by atoms with Crippen LogP contribution in [0.15, 0.2) is 59.5 Å². The van der Waals surface area contributed by atoms with E-state index in [0.29, 0.717) is 39.4 Å². The van der Waals surface area contributed by atoms with Gasteiger partial charge in [0, 0.05) is 34.0 Å². The van der Waals surface area contributed by atoms with Crippen molar-refractivity contribution < 1.29 is 9.59 Å². The van der Waals surface area contributed by atoms with Crippen LogP contribution in [0.5, 0.6) is 0 Å². The SMILES string of the molecule is Cc1cccc(-c2nc3ncc(-c4cc(Cl)cc(C=O)c4)cc3c(=O)n2CC(=O)NC(C)C)c1. The van der Waals surface area contributed by atoms with Gasteiger partial charge in [0.2, 0.25) is 5.91 Å². The number of fused-ring (bicyclic) bond motifs is 1. The number of rotatable bonds is 6. The van der Waals surface area contributed by atoms with E-state index in [1.54, 1.807) is 30.5 Å². The van der Waals surface area contributed by atoms with E-state index in [4.69, 9.17) is 11.6 Å². The van der Waals surface area contributed by atoms with Gasteiger partial charge in [-0.3, -0.25) is 19.0 Å². The summed E-state index contributed by atoms with van der Waals surface area (Å²) in [6, 6.07) is 14.1. The zero-order valence-corrected chi connectivity index (χ0v) is 19.8. The number of carbonyl (C=O) groups is 2. The normalized spacial score (nSPS) is 11.1. The summed E-state index contributed by atoms with van der Waals surface area (Å²) in [5.41, 5.74) is 3.27. The van der Waals surface area contributed by atoms with Crippen LogP contribution in [0.25, 0.3) is 33.5 Å². The number of aryl methyl sites for hydroxylation is 1. The standard InChI is InChI=1S/C26H23ClN4O3/c1-15(2)29-23(33)13-31-25(18-6-4-5-16(3)7-18)30-24-22(26(31)34)11-20(12-28-24)19-8-17(14-32)9-21(27)10-19/h4-12,14-15H,13H2,1-3H3,(H,29,33). The minimum atomic E-state index is -0.382. The highest BCUT2D eigenvalue weighted by molar-refractivity contribution is 6.31. The number of benzene rings is 2. The average molecular weight is 475 g/mol. The highest BCUT2D eigenvalue weighted by atomic mass is 35.5. The average Bonchev–Trinajstić information content (AvgIpc) is 2.79. The summed E-state index contributed by atoms with van der Waals surface area (Å²) in [4.78, 5) is 46.6. The topological polar surface area (TPSA) is 93.9 Å². The zero-order chi connectivity index (χ0) is 24.4. The summed E-state index contributed by atoms with van der Waals surface area (Å²) < 4.78 is 1.37. The van der Waals surface area contributed by atoms with Crippen molar-refractivity contribution in [3.63, 3.8) is 0 Å². The Bertz CT molecular complexity index is 1480. The maximum Gasteiger partial charge on any atom is 0.263 e. The van der Waals surface area contributed by atoms with Gasteiger partial charge in [-0.05, 0) is 56.7 Å². The Morgan fingerprint density at radius 3 is 2.62 bits per heavy atom. The second-order valence-electron chi connectivity index (χ2n) is 8.40. The number of halogens is 1. The molecule has 4 aromatic rings. The van der Waals surface area contributed by atoms with Gasteiger partial charge in [0.05, 0.1) is 5.39 Å². The summed E-state index contributed by atoms with van der Waals surface area (Å²) in [7, 11) is 0. The molecule has 2 heterocycles. The number of hydrogen-bond donors (Lipinski definition) is 1. The summed E-state index contributed by atoms with van der Waals surface area (Å²) in [5.74, 6) is 0.0769. The van der Waals surface area contributed by atoms with Crippen molar-refractivity contribution in [3.8, 4) is 22.5 Å². The molecule has 0 radical (unpaired) electrons. The summed E-state index contributed by atoms with van der Waals surface area (Å²) in [6.07, 6.45) is 2.30. The lowest BCUT2D eigenvalue weighted by molar-refractivity contribution is -0.122. The van der Waals surface area contributed by atoms with Gasteiger partial charge in [0.1, 0.15) is 18.7 Å². The molecule has 2 aromatic carbocycles. The second-order valence-corrected chi connectivity index (χ2v) is 8.84. The minimum Gasteiger partial charge on any atom is -0.352 e. The van der Waals surface area contributed by atoms with E-state index in [0.717, 1.165) is 5.56 Å². The molecule has 172 valence electrons. The second kappa shape index (κ2) is 9.57. The van der Waals surface area contributed by atoms with E-state index in [9.17, 15) is 14.4 Å². The van der Waals surface area contributed by atoms with Gasteiger partial charge < -0.3 is 5.32 Å². The first-order valence-corrected chi connectivity index (χ1v) is 11.2. The van der Waals surface area contributed by atoms with Crippen LogP contribution < -0.4 is 10.9 Å². The number of aromatic nitrogens is 3. The number of amides is 1. The summed E-state index contributed by atoms with van der Waals surface area (Å²) in [6.45, 7) is 5.48. The van der Waals surface area contributed by atoms with Crippen LogP contribution in [-0.2, 0) is 11.3 Å². The van der Waals surface area contributed by atoms with Gasteiger partial charge in [0.15, 0.2) is 5.65 Å². The molecule has 0 saturated heterocycles. The molecule has 1 amide bonds. The van der Waals surface area contributed by atoms with Crippen LogP contribution in [0.4, 0.5) is 0 Å². The number of hydrogen-bond acceptors (Lipinski definition) is 5. The first-order chi connectivity index (χ1) is 16.2. The molecule has 0 aliphatic heterocycles. The molecule has 0 aliphatic rings. The fraction of sp³-hybridized carbons (Fsp3) is 0.192. The molecule has 0 atom stereocenters. The van der Waals surface area contributed by atoms with Crippen molar-refractivity contribution in [1.29, 1.82) is 0 Å². The Kier molecular flexibility index (Phi) is 6.56. The lowest BCUT2D eigenvalue weighted by atomic mass is 10.0. The molecular weight excluding hydrogens is 452 g/mol. The van der Waals surface area contributed by atoms with Gasteiger partial charge in [-0.2, -0.15) is 0 Å². The monoisotopic (exact) mass is 474 g/mol. The molecule has 1 N–H and O–H groups in total. The van der Waals surface area contributed by atoms with E-state index in [-0.39, 0.29) is 35.1 Å². The van der Waals surface area contributed by atoms with Crippen LogP contribution in [-0.4, -0.2) is 32.8 Å². The van der Waals surface area contributed by atoms with Gasteiger partial charge in [-0.25, -0.2) is 9.97 Å². The van der Waals surface area contributed by atoms with Crippen molar-refractivity contribution in [2.24, 2.45) is 0 Å². The lowest BCUT2D eigenvalue weighted by Gasteiger charge is -2.15. The fourth-order valence-electron chi connectivity index (χ4n) is 3.77. The molecule has 34 heavy (non-hydrogen) atoms. The van der Waals surface area contributed by atoms with Gasteiger partial charge in [0.25, 0.3) is 5.56 Å². The molecule has 2 aromatic heterocycles. The molecule has 0 spiro atoms. The zero-order valence-electron chi connectivity index (χ0n) is 19.0. The number of aldehydes is 1. The van der Waals surface area contributed by atoms with Crippen molar-refractivity contribution >= 4 is 34.8 Å². The quantitative estimate of drug-likeness (QED) is 0.417. The van der Waals surface area contributed by atoms with Gasteiger partial charge in [-0.1, -0.05) is 35.4 Å². The largest absolute Gasteiger partial charge is 0.352 e. The van der Waals surface area contributed by atoms with Gasteiger partial charge in [-0.15, -0.1) is 0 Å². The van der Waals surface area contributed by atoms with Crippen LogP contribution in [0.1, 0.15) is 29.8 Å². The number of nitrogens with one attached hydrogen (secondary N) is 1. The number of nitrogens with zero attached hydrogens (tertiary/aromatic N) is 3. The van der Waals surface area contributed by atoms with E-state index >= 15 is 0 Å². The molecule has 0 aliphatic carbocycles. The first-order valence-electron chi connectivity index (χ1n) is 10.8. The lowest BCUT2D eigenvalue weighted by Crippen LogP contribution is -2.37. The van der Waals surface area contributed by atoms with Crippen LogP contribution in [0, 0.1) is 6.92 Å². The van der Waals surface area contributed by atoms with Crippen LogP contribution >= 0.6 is 11.6 Å². The van der Waals surface area contributed by atoms with Crippen molar-refractivity contribution in [2.75, 3.05) is 0 Å². The van der Waals surface area contributed by atoms with Crippen molar-refractivity contribution in [2.45, 2.75) is 33.4 Å². The molecule has 0 fully saturated rings. The Labute approximate surface area is 201 Å². The molecule has 7 nitrogen and oxygen atoms in total. The number of carbonyl (C=O) groups excluding carboxylic acids is 2. The Morgan fingerprint density at radius 1 is 1.12 bits per heavy atom. The van der Waals surface area contributed by atoms with Crippen LogP contribution in [0.2, 0.25) is 5.02 Å². The molecule has 4 rings (SSSR count). The van der Waals surface area contributed by atoms with E-state index in [1.165, 1.54) is 4.57 Å². The van der Waals surface area contributed by atoms with Crippen molar-refractivity contribution in [1.82, 2.24) is 19.9 Å². The molecule has 0 bridgehead atoms. The third kappa shape index (κ3) is 4.89. The molecule has 0 saturated carbocycles. The highest BCUT2D eigenvalue weighted by Gasteiger charge is 2.18. The predicted octanol–water partition coefficient (Wildman–Crippen LogP) is 4.42. The van der Waals surface area contributed by atoms with E-state index < -0.39 is 0 Å². The van der Waals surface area contributed by atoms with E-state index in [2.05, 4.69) is 15.3 Å². The minimum absolute atomic E-state index is 0.0675. The van der Waals surface area contributed by atoms with E-state index in [1.807, 2.05) is 45.0 Å². The predicted molar refractivity (Wildman–Crippen MR) is 133 cm³/mol. The summed E-state index contributed by atoms with van der Waals surface area (Å²) in [5, 5.41) is 3.48. The van der Waals surface area contributed by atoms with Crippen molar-refractivity contribution in [3.05, 3.63) is 81.2 Å². The Hall–Kier alpha value is -3.84. The maximum atomic E-state index is 13.6. The first kappa shape index (κ1) is 23.3. The third-order valence-corrected chi connectivity index (χ3v) is 5.45. The Balaban J connectivity index is 1.92. The molecule has 8 heteroatoms. The molecule has 0 unspecified atom stereocenters. The fourth-order valence-corrected chi connectivity index (χ4v) is 4.02. The van der Waals surface area contributed by atoms with Gasteiger partial charge >= 0.3 is 0 Å². The number of pyridine rings is 1. The Morgan fingerprint density at radius 2 is 1.91 bits per heavy atom. The summed E-state index contributed by atoms with van der Waals surface area (Å²) >= 11 is 6.15. The third-order valence-electron chi connectivity index (χ3n) is 5.23. The maximum absolute atomic E-state index is 13.6. The highest BCUT2D eigenvalue weighted by Crippen LogP contribution is 2.26. The van der Waals surface area contributed by atoms with Crippen LogP contribution in [0.3, 0.4) is 0 Å².